The SMILES string of the molecule is O=S(=O)(c1cccc(Br)c1)N1CCN(c2cccc(O)c2)CC1. The van der Waals surface area contributed by atoms with E-state index in [1.165, 1.54) is 4.31 Å². The van der Waals surface area contributed by atoms with Gasteiger partial charge in [0, 0.05) is 42.4 Å². The quantitative estimate of drug-likeness (QED) is 0.865. The molecule has 7 heteroatoms. The minimum absolute atomic E-state index is 0.215. The van der Waals surface area contributed by atoms with Crippen LogP contribution in [0.3, 0.4) is 0 Å². The number of nitrogens with zero attached hydrogens (tertiary/aromatic N) is 2. The highest BCUT2D eigenvalue weighted by atomic mass is 79.9. The number of aromatic hydroxyl groups is 1. The second kappa shape index (κ2) is 6.51. The third kappa shape index (κ3) is 3.52. The van der Waals surface area contributed by atoms with Crippen LogP contribution in [0.15, 0.2) is 57.9 Å². The van der Waals surface area contributed by atoms with Crippen LogP contribution in [-0.4, -0.2) is 44.0 Å². The van der Waals surface area contributed by atoms with Gasteiger partial charge in [0.2, 0.25) is 10.0 Å². The van der Waals surface area contributed by atoms with Crippen LogP contribution in [0.5, 0.6) is 5.75 Å². The number of hydrogen-bond donors (Lipinski definition) is 1. The van der Waals surface area contributed by atoms with Crippen LogP contribution < -0.4 is 4.90 Å². The first-order valence-electron chi connectivity index (χ1n) is 7.26. The van der Waals surface area contributed by atoms with E-state index < -0.39 is 10.0 Å². The number of sulfonamides is 1. The molecule has 0 spiro atoms. The fraction of sp³-hybridized carbons (Fsp3) is 0.250. The number of anilines is 1. The van der Waals surface area contributed by atoms with Crippen LogP contribution in [0.4, 0.5) is 5.69 Å². The van der Waals surface area contributed by atoms with Gasteiger partial charge in [0.15, 0.2) is 0 Å². The minimum Gasteiger partial charge on any atom is -0.508 e. The van der Waals surface area contributed by atoms with E-state index >= 15 is 0 Å². The van der Waals surface area contributed by atoms with Crippen molar-refractivity contribution in [2.45, 2.75) is 4.90 Å². The summed E-state index contributed by atoms with van der Waals surface area (Å²) in [6.45, 7) is 2.03. The third-order valence-electron chi connectivity index (χ3n) is 3.87. The van der Waals surface area contributed by atoms with Gasteiger partial charge in [-0.3, -0.25) is 0 Å². The van der Waals surface area contributed by atoms with E-state index in [2.05, 4.69) is 20.8 Å². The molecule has 0 bridgehead atoms. The molecule has 1 N–H and O–H groups in total. The summed E-state index contributed by atoms with van der Waals surface area (Å²) in [5.41, 5.74) is 0.907. The van der Waals surface area contributed by atoms with Crippen molar-refractivity contribution >= 4 is 31.6 Å². The molecule has 1 fully saturated rings. The Morgan fingerprint density at radius 2 is 1.65 bits per heavy atom. The molecule has 0 amide bonds. The molecular formula is C16H17BrN2O3S. The maximum Gasteiger partial charge on any atom is 0.243 e. The van der Waals surface area contributed by atoms with Crippen LogP contribution >= 0.6 is 15.9 Å². The number of phenols is 1. The van der Waals surface area contributed by atoms with Crippen LogP contribution in [0.2, 0.25) is 0 Å². The minimum atomic E-state index is -3.47. The molecule has 0 saturated carbocycles. The highest BCUT2D eigenvalue weighted by Gasteiger charge is 2.28. The van der Waals surface area contributed by atoms with Crippen molar-refractivity contribution in [3.8, 4) is 5.75 Å². The molecule has 23 heavy (non-hydrogen) atoms. The summed E-state index contributed by atoms with van der Waals surface area (Å²) < 4.78 is 27.6. The van der Waals surface area contributed by atoms with E-state index in [1.54, 1.807) is 42.5 Å². The number of rotatable bonds is 3. The third-order valence-corrected chi connectivity index (χ3v) is 6.26. The van der Waals surface area contributed by atoms with Crippen molar-refractivity contribution in [2.24, 2.45) is 0 Å². The standard InChI is InChI=1S/C16H17BrN2O3S/c17-13-3-1-6-16(11-13)23(21,22)19-9-7-18(8-10-19)14-4-2-5-15(20)12-14/h1-6,11-12,20H,7-10H2. The van der Waals surface area contributed by atoms with Gasteiger partial charge in [-0.25, -0.2) is 8.42 Å². The molecule has 0 atom stereocenters. The fourth-order valence-corrected chi connectivity index (χ4v) is 4.67. The van der Waals surface area contributed by atoms with Gasteiger partial charge in [-0.2, -0.15) is 4.31 Å². The Labute approximate surface area is 144 Å². The van der Waals surface area contributed by atoms with Gasteiger partial charge in [0.1, 0.15) is 5.75 Å². The average Bonchev–Trinajstić information content (AvgIpc) is 2.55. The van der Waals surface area contributed by atoms with Crippen LogP contribution in [0.25, 0.3) is 0 Å². The summed E-state index contributed by atoms with van der Waals surface area (Å²) in [6, 6.07) is 13.8. The number of halogens is 1. The highest BCUT2D eigenvalue weighted by Crippen LogP contribution is 2.24. The van der Waals surface area contributed by atoms with Crippen molar-refractivity contribution in [2.75, 3.05) is 31.1 Å². The van der Waals surface area contributed by atoms with E-state index in [0.29, 0.717) is 31.1 Å². The van der Waals surface area contributed by atoms with Gasteiger partial charge in [-0.05, 0) is 30.3 Å². The summed E-state index contributed by atoms with van der Waals surface area (Å²) in [6.07, 6.45) is 0. The van der Waals surface area contributed by atoms with Crippen LogP contribution in [0, 0.1) is 0 Å². The summed E-state index contributed by atoms with van der Waals surface area (Å²) in [7, 11) is -3.47. The molecule has 3 rings (SSSR count). The summed E-state index contributed by atoms with van der Waals surface area (Å²) in [4.78, 5) is 2.38. The predicted octanol–water partition coefficient (Wildman–Crippen LogP) is 2.67. The van der Waals surface area contributed by atoms with Crippen molar-refractivity contribution in [1.82, 2.24) is 4.31 Å². The lowest BCUT2D eigenvalue weighted by Gasteiger charge is -2.35. The number of piperazine rings is 1. The van der Waals surface area contributed by atoms with Crippen molar-refractivity contribution in [3.05, 3.63) is 53.0 Å². The lowest BCUT2D eigenvalue weighted by Crippen LogP contribution is -2.48. The lowest BCUT2D eigenvalue weighted by atomic mass is 10.2. The lowest BCUT2D eigenvalue weighted by molar-refractivity contribution is 0.384. The van der Waals surface area contributed by atoms with E-state index in [4.69, 9.17) is 0 Å². The maximum atomic E-state index is 12.7. The average molecular weight is 397 g/mol. The zero-order chi connectivity index (χ0) is 16.4. The molecule has 122 valence electrons. The smallest absolute Gasteiger partial charge is 0.243 e. The Morgan fingerprint density at radius 1 is 0.957 bits per heavy atom. The van der Waals surface area contributed by atoms with Crippen LogP contribution in [0.1, 0.15) is 0 Å². The van der Waals surface area contributed by atoms with Crippen molar-refractivity contribution in [1.29, 1.82) is 0 Å². The zero-order valence-electron chi connectivity index (χ0n) is 12.4. The summed E-state index contributed by atoms with van der Waals surface area (Å²) in [5, 5.41) is 9.56. The molecule has 1 aliphatic heterocycles. The Hall–Kier alpha value is -1.57. The van der Waals surface area contributed by atoms with Gasteiger partial charge in [-0.1, -0.05) is 28.1 Å². The molecule has 0 aromatic heterocycles. The van der Waals surface area contributed by atoms with E-state index in [-0.39, 0.29) is 5.75 Å². The Balaban J connectivity index is 1.73. The number of hydrogen-bond acceptors (Lipinski definition) is 4. The van der Waals surface area contributed by atoms with E-state index in [0.717, 1.165) is 10.2 Å². The molecule has 2 aromatic rings. The topological polar surface area (TPSA) is 60.9 Å². The number of benzene rings is 2. The van der Waals surface area contributed by atoms with E-state index in [1.807, 2.05) is 6.07 Å². The Bertz CT molecular complexity index is 802. The molecule has 1 aliphatic rings. The highest BCUT2D eigenvalue weighted by molar-refractivity contribution is 9.10. The van der Waals surface area contributed by atoms with Crippen molar-refractivity contribution in [3.63, 3.8) is 0 Å². The van der Waals surface area contributed by atoms with Gasteiger partial charge >= 0.3 is 0 Å². The summed E-state index contributed by atoms with van der Waals surface area (Å²) in [5.74, 6) is 0.215. The predicted molar refractivity (Wildman–Crippen MR) is 93.2 cm³/mol. The normalized spacial score (nSPS) is 16.5. The second-order valence-corrected chi connectivity index (χ2v) is 8.22. The fourth-order valence-electron chi connectivity index (χ4n) is 2.65. The molecule has 0 unspecified atom stereocenters. The molecular weight excluding hydrogens is 380 g/mol. The largest absolute Gasteiger partial charge is 0.508 e. The first kappa shape index (κ1) is 16.3. The van der Waals surface area contributed by atoms with Crippen molar-refractivity contribution < 1.29 is 13.5 Å². The zero-order valence-corrected chi connectivity index (χ0v) is 14.8. The Morgan fingerprint density at radius 3 is 2.30 bits per heavy atom. The maximum absolute atomic E-state index is 12.7. The second-order valence-electron chi connectivity index (χ2n) is 5.37. The monoisotopic (exact) mass is 396 g/mol. The molecule has 0 aliphatic carbocycles. The molecule has 5 nitrogen and oxygen atoms in total. The first-order valence-corrected chi connectivity index (χ1v) is 9.50. The number of phenolic OH excluding ortho intramolecular Hbond substituents is 1. The van der Waals surface area contributed by atoms with Crippen LogP contribution in [-0.2, 0) is 10.0 Å². The van der Waals surface area contributed by atoms with Gasteiger partial charge in [0.25, 0.3) is 0 Å². The first-order chi connectivity index (χ1) is 11.0. The molecule has 1 saturated heterocycles. The summed E-state index contributed by atoms with van der Waals surface area (Å²) >= 11 is 3.31. The van der Waals surface area contributed by atoms with Gasteiger partial charge in [-0.15, -0.1) is 0 Å². The molecule has 2 aromatic carbocycles. The molecule has 1 heterocycles. The van der Waals surface area contributed by atoms with E-state index in [9.17, 15) is 13.5 Å². The van der Waals surface area contributed by atoms with Gasteiger partial charge < -0.3 is 10.0 Å². The molecule has 0 radical (unpaired) electrons. The Kier molecular flexibility index (Phi) is 4.61. The van der Waals surface area contributed by atoms with Gasteiger partial charge in [0.05, 0.1) is 4.90 Å².